The van der Waals surface area contributed by atoms with E-state index in [9.17, 15) is 9.59 Å². The van der Waals surface area contributed by atoms with E-state index in [0.717, 1.165) is 16.7 Å². The van der Waals surface area contributed by atoms with E-state index < -0.39 is 0 Å². The number of H-pyrrole nitrogens is 1. The van der Waals surface area contributed by atoms with Crippen LogP contribution in [0.15, 0.2) is 24.5 Å². The third kappa shape index (κ3) is 2.36. The first-order chi connectivity index (χ1) is 9.24. The van der Waals surface area contributed by atoms with Gasteiger partial charge in [-0.2, -0.15) is 0 Å². The second kappa shape index (κ2) is 4.84. The Morgan fingerprint density at radius 3 is 2.89 bits per heavy atom. The molecule has 1 amide bonds. The van der Waals surface area contributed by atoms with Crippen LogP contribution in [0.2, 0.25) is 0 Å². The van der Waals surface area contributed by atoms with Gasteiger partial charge in [-0.1, -0.05) is 6.07 Å². The van der Waals surface area contributed by atoms with Gasteiger partial charge in [0.15, 0.2) is 0 Å². The molecule has 1 aromatic heterocycles. The third-order valence-electron chi connectivity index (χ3n) is 3.62. The number of carbonyl (C=O) groups excluding carboxylic acids is 2. The fraction of sp³-hybridized carbons (Fsp3) is 0.357. The first-order valence-corrected chi connectivity index (χ1v) is 6.49. The van der Waals surface area contributed by atoms with Crippen molar-refractivity contribution in [1.29, 1.82) is 0 Å². The number of amides is 1. The molecule has 5 nitrogen and oxygen atoms in total. The molecule has 0 bridgehead atoms. The van der Waals surface area contributed by atoms with E-state index in [0.29, 0.717) is 25.7 Å². The van der Waals surface area contributed by atoms with Crippen LogP contribution in [0.3, 0.4) is 0 Å². The SMILES string of the molecule is O=C1CCC(C(=O)Nc2cccc3[nH]cnc23)CC1. The van der Waals surface area contributed by atoms with Crippen molar-refractivity contribution in [1.82, 2.24) is 9.97 Å². The van der Waals surface area contributed by atoms with Crippen LogP contribution >= 0.6 is 0 Å². The lowest BCUT2D eigenvalue weighted by molar-refractivity contribution is -0.125. The molecule has 1 fully saturated rings. The number of aromatic amines is 1. The molecule has 0 aliphatic heterocycles. The van der Waals surface area contributed by atoms with Gasteiger partial charge in [-0.25, -0.2) is 4.98 Å². The lowest BCUT2D eigenvalue weighted by Gasteiger charge is -2.20. The van der Waals surface area contributed by atoms with Crippen molar-refractivity contribution in [3.63, 3.8) is 0 Å². The zero-order chi connectivity index (χ0) is 13.2. The fourth-order valence-corrected chi connectivity index (χ4v) is 2.50. The van der Waals surface area contributed by atoms with Gasteiger partial charge in [-0.3, -0.25) is 9.59 Å². The summed E-state index contributed by atoms with van der Waals surface area (Å²) >= 11 is 0. The number of imidazole rings is 1. The number of aromatic nitrogens is 2. The number of nitrogens with one attached hydrogen (secondary N) is 2. The predicted molar refractivity (Wildman–Crippen MR) is 71.7 cm³/mol. The maximum atomic E-state index is 12.2. The van der Waals surface area contributed by atoms with Crippen molar-refractivity contribution in [3.05, 3.63) is 24.5 Å². The van der Waals surface area contributed by atoms with Gasteiger partial charge >= 0.3 is 0 Å². The number of nitrogens with zero attached hydrogens (tertiary/aromatic N) is 1. The molecule has 98 valence electrons. The summed E-state index contributed by atoms with van der Waals surface area (Å²) in [7, 11) is 0. The Kier molecular flexibility index (Phi) is 3.03. The third-order valence-corrected chi connectivity index (χ3v) is 3.62. The summed E-state index contributed by atoms with van der Waals surface area (Å²) in [6.07, 6.45) is 3.96. The van der Waals surface area contributed by atoms with E-state index in [-0.39, 0.29) is 17.6 Å². The van der Waals surface area contributed by atoms with Crippen molar-refractivity contribution in [2.24, 2.45) is 5.92 Å². The summed E-state index contributed by atoms with van der Waals surface area (Å²) in [4.78, 5) is 30.6. The van der Waals surface area contributed by atoms with E-state index in [4.69, 9.17) is 0 Å². The monoisotopic (exact) mass is 257 g/mol. The van der Waals surface area contributed by atoms with Crippen LogP contribution in [-0.4, -0.2) is 21.7 Å². The van der Waals surface area contributed by atoms with E-state index in [1.54, 1.807) is 6.33 Å². The van der Waals surface area contributed by atoms with Gasteiger partial charge in [0.2, 0.25) is 5.91 Å². The zero-order valence-corrected chi connectivity index (χ0v) is 10.5. The number of carbonyl (C=O) groups is 2. The van der Waals surface area contributed by atoms with Gasteiger partial charge in [0.1, 0.15) is 11.3 Å². The summed E-state index contributed by atoms with van der Waals surface area (Å²) < 4.78 is 0. The lowest BCUT2D eigenvalue weighted by atomic mass is 9.88. The van der Waals surface area contributed by atoms with E-state index >= 15 is 0 Å². The second-order valence-electron chi connectivity index (χ2n) is 4.91. The number of ketones is 1. The topological polar surface area (TPSA) is 74.8 Å². The molecule has 1 aliphatic carbocycles. The maximum absolute atomic E-state index is 12.2. The van der Waals surface area contributed by atoms with Crippen LogP contribution in [0.1, 0.15) is 25.7 Å². The Hall–Kier alpha value is -2.17. The Bertz CT molecular complexity index is 622. The summed E-state index contributed by atoms with van der Waals surface area (Å²) in [5.74, 6) is 0.188. The molecule has 0 atom stereocenters. The Balaban J connectivity index is 1.76. The number of hydrogen-bond acceptors (Lipinski definition) is 3. The molecular weight excluding hydrogens is 242 g/mol. The molecule has 5 heteroatoms. The molecule has 1 aromatic carbocycles. The first-order valence-electron chi connectivity index (χ1n) is 6.49. The van der Waals surface area contributed by atoms with Crippen LogP contribution in [0, 0.1) is 5.92 Å². The number of Topliss-reactive ketones (excluding diaryl/α,β-unsaturated/α-hetero) is 1. The molecule has 0 radical (unpaired) electrons. The van der Waals surface area contributed by atoms with Gasteiger partial charge in [-0.15, -0.1) is 0 Å². The second-order valence-corrected chi connectivity index (χ2v) is 4.91. The molecule has 0 unspecified atom stereocenters. The molecule has 0 saturated heterocycles. The molecule has 2 aromatic rings. The lowest BCUT2D eigenvalue weighted by Crippen LogP contribution is -2.27. The Morgan fingerprint density at radius 2 is 2.11 bits per heavy atom. The smallest absolute Gasteiger partial charge is 0.227 e. The van der Waals surface area contributed by atoms with Crippen LogP contribution in [0.5, 0.6) is 0 Å². The minimum atomic E-state index is -0.0631. The van der Waals surface area contributed by atoms with Crippen molar-refractivity contribution in [2.45, 2.75) is 25.7 Å². The number of anilines is 1. The highest BCUT2D eigenvalue weighted by molar-refractivity contribution is 6.00. The largest absolute Gasteiger partial charge is 0.345 e. The van der Waals surface area contributed by atoms with Gasteiger partial charge in [0.05, 0.1) is 17.5 Å². The molecule has 2 N–H and O–H groups in total. The van der Waals surface area contributed by atoms with Gasteiger partial charge in [0.25, 0.3) is 0 Å². The number of rotatable bonds is 2. The van der Waals surface area contributed by atoms with E-state index in [1.165, 1.54) is 0 Å². The molecule has 3 rings (SSSR count). The Morgan fingerprint density at radius 1 is 1.32 bits per heavy atom. The highest BCUT2D eigenvalue weighted by Crippen LogP contribution is 2.25. The fourth-order valence-electron chi connectivity index (χ4n) is 2.50. The average molecular weight is 257 g/mol. The van der Waals surface area contributed by atoms with Crippen molar-refractivity contribution < 1.29 is 9.59 Å². The highest BCUT2D eigenvalue weighted by atomic mass is 16.2. The molecule has 19 heavy (non-hydrogen) atoms. The minimum absolute atomic E-state index is 0.0111. The number of benzene rings is 1. The summed E-state index contributed by atoms with van der Waals surface area (Å²) in [5.41, 5.74) is 2.39. The van der Waals surface area contributed by atoms with Gasteiger partial charge in [-0.05, 0) is 25.0 Å². The molecule has 0 spiro atoms. The zero-order valence-electron chi connectivity index (χ0n) is 10.5. The van der Waals surface area contributed by atoms with Crippen molar-refractivity contribution in [3.8, 4) is 0 Å². The van der Waals surface area contributed by atoms with Crippen molar-refractivity contribution >= 4 is 28.4 Å². The quantitative estimate of drug-likeness (QED) is 0.866. The molecule has 1 heterocycles. The highest BCUT2D eigenvalue weighted by Gasteiger charge is 2.25. The molecule has 1 aliphatic rings. The normalized spacial score (nSPS) is 16.7. The standard InChI is InChI=1S/C14H15N3O2/c18-10-6-4-9(5-7-10)14(19)17-12-3-1-2-11-13(12)16-8-15-11/h1-3,8-9H,4-7H2,(H,15,16)(H,17,19). The minimum Gasteiger partial charge on any atom is -0.345 e. The van der Waals surface area contributed by atoms with Crippen LogP contribution in [0.25, 0.3) is 11.0 Å². The van der Waals surface area contributed by atoms with Gasteiger partial charge < -0.3 is 10.3 Å². The van der Waals surface area contributed by atoms with Crippen LogP contribution in [-0.2, 0) is 9.59 Å². The van der Waals surface area contributed by atoms with Crippen molar-refractivity contribution in [2.75, 3.05) is 5.32 Å². The Labute approximate surface area is 110 Å². The van der Waals surface area contributed by atoms with E-state index in [2.05, 4.69) is 15.3 Å². The predicted octanol–water partition coefficient (Wildman–Crippen LogP) is 2.26. The van der Waals surface area contributed by atoms with E-state index in [1.807, 2.05) is 18.2 Å². The summed E-state index contributed by atoms with van der Waals surface area (Å²) in [6.45, 7) is 0. The first kappa shape index (κ1) is 11.9. The number of para-hydroxylation sites is 1. The van der Waals surface area contributed by atoms with Crippen LogP contribution in [0.4, 0.5) is 5.69 Å². The number of hydrogen-bond donors (Lipinski definition) is 2. The summed E-state index contributed by atoms with van der Waals surface area (Å²) in [6, 6.07) is 5.63. The van der Waals surface area contributed by atoms with Gasteiger partial charge in [0, 0.05) is 18.8 Å². The summed E-state index contributed by atoms with van der Waals surface area (Å²) in [5, 5.41) is 2.92. The average Bonchev–Trinajstić information content (AvgIpc) is 2.89. The maximum Gasteiger partial charge on any atom is 0.227 e. The number of fused-ring (bicyclic) bond motifs is 1. The molecule has 1 saturated carbocycles. The molecular formula is C14H15N3O2. The van der Waals surface area contributed by atoms with Crippen LogP contribution < -0.4 is 5.32 Å².